The molecule has 0 bridgehead atoms. The van der Waals surface area contributed by atoms with E-state index in [0.29, 0.717) is 12.5 Å². The van der Waals surface area contributed by atoms with E-state index in [9.17, 15) is 13.6 Å². The number of halogens is 2. The Kier molecular flexibility index (Phi) is 4.07. The van der Waals surface area contributed by atoms with E-state index < -0.39 is 11.6 Å². The van der Waals surface area contributed by atoms with Crippen LogP contribution in [0.5, 0.6) is 0 Å². The lowest BCUT2D eigenvalue weighted by Crippen LogP contribution is -2.26. The number of benzene rings is 1. The van der Waals surface area contributed by atoms with Crippen LogP contribution in [0.2, 0.25) is 0 Å². The van der Waals surface area contributed by atoms with E-state index in [0.717, 1.165) is 31.7 Å². The van der Waals surface area contributed by atoms with Crippen LogP contribution in [-0.4, -0.2) is 12.3 Å². The van der Waals surface area contributed by atoms with Crippen LogP contribution in [0.4, 0.5) is 8.78 Å². The van der Waals surface area contributed by atoms with Crippen molar-refractivity contribution in [2.75, 3.05) is 6.54 Å². The predicted octanol–water partition coefficient (Wildman–Crippen LogP) is 2.91. The maximum Gasteiger partial charge on any atom is 0.169 e. The maximum absolute atomic E-state index is 13.5. The number of carbonyl (C=O) groups excluding carboxylic acids is 1. The molecular weight excluding hydrogens is 236 g/mol. The highest BCUT2D eigenvalue weighted by Crippen LogP contribution is 2.31. The van der Waals surface area contributed by atoms with Crippen molar-refractivity contribution >= 4 is 5.78 Å². The van der Waals surface area contributed by atoms with Crippen molar-refractivity contribution in [3.05, 3.63) is 35.4 Å². The Labute approximate surface area is 105 Å². The molecule has 2 nitrogen and oxygen atoms in total. The first kappa shape index (κ1) is 13.1. The Morgan fingerprint density at radius 1 is 1.22 bits per heavy atom. The van der Waals surface area contributed by atoms with Gasteiger partial charge in [0, 0.05) is 5.92 Å². The van der Waals surface area contributed by atoms with Gasteiger partial charge in [-0.15, -0.1) is 0 Å². The second-order valence-corrected chi connectivity index (χ2v) is 4.92. The molecule has 98 valence electrons. The molecule has 1 aliphatic rings. The Morgan fingerprint density at radius 3 is 2.50 bits per heavy atom. The van der Waals surface area contributed by atoms with Gasteiger partial charge in [0.1, 0.15) is 0 Å². The minimum absolute atomic E-state index is 0.119. The zero-order chi connectivity index (χ0) is 13.1. The zero-order valence-corrected chi connectivity index (χ0v) is 10.2. The number of rotatable bonds is 3. The fourth-order valence-corrected chi connectivity index (χ4v) is 2.57. The van der Waals surface area contributed by atoms with Crippen LogP contribution in [0.15, 0.2) is 18.2 Å². The molecule has 1 saturated carbocycles. The van der Waals surface area contributed by atoms with E-state index >= 15 is 0 Å². The van der Waals surface area contributed by atoms with Crippen molar-refractivity contribution in [1.29, 1.82) is 0 Å². The van der Waals surface area contributed by atoms with E-state index in [-0.39, 0.29) is 17.3 Å². The van der Waals surface area contributed by atoms with Gasteiger partial charge < -0.3 is 5.73 Å². The number of ketones is 1. The first-order chi connectivity index (χ1) is 8.63. The second-order valence-electron chi connectivity index (χ2n) is 4.92. The van der Waals surface area contributed by atoms with Crippen molar-refractivity contribution in [2.45, 2.75) is 25.7 Å². The fourth-order valence-electron chi connectivity index (χ4n) is 2.57. The lowest BCUT2D eigenvalue weighted by atomic mass is 9.78. The molecule has 0 aliphatic heterocycles. The maximum atomic E-state index is 13.5. The summed E-state index contributed by atoms with van der Waals surface area (Å²) >= 11 is 0. The molecule has 2 N–H and O–H groups in total. The second kappa shape index (κ2) is 5.57. The lowest BCUT2D eigenvalue weighted by molar-refractivity contribution is 0.0868. The molecule has 0 atom stereocenters. The third-order valence-electron chi connectivity index (χ3n) is 3.77. The highest BCUT2D eigenvalue weighted by atomic mass is 19.2. The van der Waals surface area contributed by atoms with Gasteiger partial charge in [-0.25, -0.2) is 8.78 Å². The number of hydrogen-bond donors (Lipinski definition) is 1. The summed E-state index contributed by atoms with van der Waals surface area (Å²) in [5, 5.41) is 0. The topological polar surface area (TPSA) is 43.1 Å². The molecular formula is C14H17F2NO. The van der Waals surface area contributed by atoms with Crippen molar-refractivity contribution in [2.24, 2.45) is 17.6 Å². The Hall–Kier alpha value is -1.29. The summed E-state index contributed by atoms with van der Waals surface area (Å²) in [7, 11) is 0. The molecule has 4 heteroatoms. The molecule has 0 heterocycles. The first-order valence-electron chi connectivity index (χ1n) is 6.31. The van der Waals surface area contributed by atoms with E-state index in [1.165, 1.54) is 12.1 Å². The first-order valence-corrected chi connectivity index (χ1v) is 6.31. The number of Topliss-reactive ketones (excluding diaryl/α,β-unsaturated/α-hetero) is 1. The summed E-state index contributed by atoms with van der Waals surface area (Å²) in [4.78, 5) is 12.1. The van der Waals surface area contributed by atoms with Crippen LogP contribution in [0.1, 0.15) is 36.0 Å². The van der Waals surface area contributed by atoms with E-state index in [1.807, 2.05) is 0 Å². The van der Waals surface area contributed by atoms with Crippen LogP contribution in [0.25, 0.3) is 0 Å². The quantitative estimate of drug-likeness (QED) is 0.842. The fraction of sp³-hybridized carbons (Fsp3) is 0.500. The van der Waals surface area contributed by atoms with Gasteiger partial charge >= 0.3 is 0 Å². The van der Waals surface area contributed by atoms with Crippen LogP contribution in [-0.2, 0) is 0 Å². The number of hydrogen-bond acceptors (Lipinski definition) is 2. The van der Waals surface area contributed by atoms with Crippen LogP contribution < -0.4 is 5.73 Å². The highest BCUT2D eigenvalue weighted by Gasteiger charge is 2.28. The largest absolute Gasteiger partial charge is 0.330 e. The minimum Gasteiger partial charge on any atom is -0.330 e. The smallest absolute Gasteiger partial charge is 0.169 e. The zero-order valence-electron chi connectivity index (χ0n) is 10.2. The third kappa shape index (κ3) is 2.58. The molecule has 0 spiro atoms. The molecule has 0 amide bonds. The summed E-state index contributed by atoms with van der Waals surface area (Å²) < 4.78 is 26.6. The SMILES string of the molecule is NCC1CCC(C(=O)c2cccc(F)c2F)CC1. The van der Waals surface area contributed by atoms with Gasteiger partial charge in [0.2, 0.25) is 0 Å². The van der Waals surface area contributed by atoms with Crippen molar-refractivity contribution in [1.82, 2.24) is 0 Å². The van der Waals surface area contributed by atoms with Gasteiger partial charge in [-0.05, 0) is 50.3 Å². The normalized spacial score (nSPS) is 23.9. The average Bonchev–Trinajstić information content (AvgIpc) is 2.41. The van der Waals surface area contributed by atoms with Gasteiger partial charge in [0.15, 0.2) is 17.4 Å². The van der Waals surface area contributed by atoms with E-state index in [4.69, 9.17) is 5.73 Å². The summed E-state index contributed by atoms with van der Waals surface area (Å²) in [5.41, 5.74) is 5.47. The number of nitrogens with two attached hydrogens (primary N) is 1. The summed E-state index contributed by atoms with van der Waals surface area (Å²) in [6.07, 6.45) is 3.22. The number of carbonyl (C=O) groups is 1. The highest BCUT2D eigenvalue weighted by molar-refractivity contribution is 5.98. The Morgan fingerprint density at radius 2 is 1.89 bits per heavy atom. The lowest BCUT2D eigenvalue weighted by Gasteiger charge is -2.26. The van der Waals surface area contributed by atoms with Gasteiger partial charge in [-0.3, -0.25) is 4.79 Å². The molecule has 0 saturated heterocycles. The summed E-state index contributed by atoms with van der Waals surface area (Å²) in [6.45, 7) is 0.634. The van der Waals surface area contributed by atoms with Gasteiger partial charge in [-0.2, -0.15) is 0 Å². The molecule has 18 heavy (non-hydrogen) atoms. The molecule has 1 aromatic carbocycles. The van der Waals surface area contributed by atoms with Crippen LogP contribution in [0.3, 0.4) is 0 Å². The van der Waals surface area contributed by atoms with Gasteiger partial charge in [0.25, 0.3) is 0 Å². The molecule has 0 radical (unpaired) electrons. The van der Waals surface area contributed by atoms with E-state index in [1.54, 1.807) is 0 Å². The Bertz CT molecular complexity index is 439. The van der Waals surface area contributed by atoms with Crippen molar-refractivity contribution in [3.63, 3.8) is 0 Å². The van der Waals surface area contributed by atoms with Crippen molar-refractivity contribution in [3.8, 4) is 0 Å². The Balaban J connectivity index is 2.10. The molecule has 1 aromatic rings. The summed E-state index contributed by atoms with van der Waals surface area (Å²) in [6, 6.07) is 3.75. The van der Waals surface area contributed by atoms with Crippen LogP contribution in [0, 0.1) is 23.5 Å². The molecule has 1 fully saturated rings. The van der Waals surface area contributed by atoms with E-state index in [2.05, 4.69) is 0 Å². The monoisotopic (exact) mass is 253 g/mol. The van der Waals surface area contributed by atoms with Gasteiger partial charge in [0.05, 0.1) is 5.56 Å². The van der Waals surface area contributed by atoms with Crippen molar-refractivity contribution < 1.29 is 13.6 Å². The standard InChI is InChI=1S/C14H17F2NO/c15-12-3-1-2-11(13(12)16)14(18)10-6-4-9(8-17)5-7-10/h1-3,9-10H,4-8,17H2. The molecule has 0 aromatic heterocycles. The van der Waals surface area contributed by atoms with Crippen LogP contribution >= 0.6 is 0 Å². The summed E-state index contributed by atoms with van der Waals surface area (Å²) in [5.74, 6) is -1.99. The molecule has 1 aliphatic carbocycles. The third-order valence-corrected chi connectivity index (χ3v) is 3.77. The average molecular weight is 253 g/mol. The predicted molar refractivity (Wildman–Crippen MR) is 65.2 cm³/mol. The van der Waals surface area contributed by atoms with Gasteiger partial charge in [-0.1, -0.05) is 6.07 Å². The molecule has 2 rings (SSSR count). The minimum atomic E-state index is -1.02. The molecule has 0 unspecified atom stereocenters.